The molecule has 1 aliphatic heterocycles. The molecule has 1 amide bonds. The summed E-state index contributed by atoms with van der Waals surface area (Å²) in [6.45, 7) is 2.27. The van der Waals surface area contributed by atoms with Crippen molar-refractivity contribution in [3.8, 4) is 0 Å². The van der Waals surface area contributed by atoms with E-state index in [1.807, 2.05) is 34.1 Å². The Kier molecular flexibility index (Phi) is 5.01. The van der Waals surface area contributed by atoms with E-state index in [0.717, 1.165) is 55.9 Å². The zero-order valence-electron chi connectivity index (χ0n) is 16.7. The molecular formula is C23H24N6O. The van der Waals surface area contributed by atoms with E-state index in [-0.39, 0.29) is 5.91 Å². The van der Waals surface area contributed by atoms with E-state index in [2.05, 4.69) is 44.2 Å². The molecule has 0 spiro atoms. The van der Waals surface area contributed by atoms with Gasteiger partial charge in [0, 0.05) is 44.1 Å². The molecular weight excluding hydrogens is 376 g/mol. The molecule has 7 nitrogen and oxygen atoms in total. The number of H-pyrrole nitrogens is 1. The largest absolute Gasteiger partial charge is 0.348 e. The monoisotopic (exact) mass is 400 g/mol. The zero-order valence-corrected chi connectivity index (χ0v) is 16.7. The van der Waals surface area contributed by atoms with Crippen LogP contribution in [0.2, 0.25) is 0 Å². The number of nitrogens with one attached hydrogen (secondary N) is 1. The molecule has 0 radical (unpaired) electrons. The van der Waals surface area contributed by atoms with Crippen LogP contribution in [0.1, 0.15) is 40.5 Å². The number of imidazole rings is 2. The van der Waals surface area contributed by atoms with Crippen molar-refractivity contribution in [2.45, 2.75) is 31.7 Å². The van der Waals surface area contributed by atoms with Crippen molar-refractivity contribution >= 4 is 17.1 Å². The van der Waals surface area contributed by atoms with Crippen molar-refractivity contribution in [1.29, 1.82) is 0 Å². The van der Waals surface area contributed by atoms with Gasteiger partial charge in [0.15, 0.2) is 5.65 Å². The summed E-state index contributed by atoms with van der Waals surface area (Å²) >= 11 is 0. The Labute approximate surface area is 174 Å². The lowest BCUT2D eigenvalue weighted by atomic mass is 9.96. The van der Waals surface area contributed by atoms with Crippen LogP contribution in [0.25, 0.3) is 11.2 Å². The highest BCUT2D eigenvalue weighted by molar-refractivity contribution is 5.96. The van der Waals surface area contributed by atoms with Crippen molar-refractivity contribution in [1.82, 2.24) is 29.4 Å². The lowest BCUT2D eigenvalue weighted by molar-refractivity contribution is 0.0711. The molecule has 1 aromatic carbocycles. The number of likely N-dealkylation sites (tertiary alicyclic amines) is 1. The Bertz CT molecular complexity index is 1130. The fraction of sp³-hybridized carbons (Fsp3) is 0.304. The maximum absolute atomic E-state index is 13.0. The number of amides is 1. The summed E-state index contributed by atoms with van der Waals surface area (Å²) in [7, 11) is 0. The molecule has 1 saturated heterocycles. The number of hydrogen-bond donors (Lipinski definition) is 1. The Morgan fingerprint density at radius 2 is 1.93 bits per heavy atom. The first-order valence-electron chi connectivity index (χ1n) is 10.4. The molecule has 0 aliphatic carbocycles. The second-order valence-corrected chi connectivity index (χ2v) is 7.78. The number of hydrogen-bond acceptors (Lipinski definition) is 4. The van der Waals surface area contributed by atoms with E-state index in [9.17, 15) is 4.79 Å². The lowest BCUT2D eigenvalue weighted by Crippen LogP contribution is -2.38. The summed E-state index contributed by atoms with van der Waals surface area (Å²) in [6.07, 6.45) is 9.89. The molecule has 0 atom stereocenters. The number of carbonyl (C=O) groups is 1. The molecule has 1 fully saturated rings. The molecule has 4 aromatic rings. The second kappa shape index (κ2) is 8.10. The van der Waals surface area contributed by atoms with Crippen molar-refractivity contribution < 1.29 is 4.79 Å². The number of aryl methyl sites for hydroxylation is 2. The van der Waals surface area contributed by atoms with E-state index in [0.29, 0.717) is 11.5 Å². The van der Waals surface area contributed by atoms with Gasteiger partial charge in [-0.15, -0.1) is 0 Å². The number of nitrogens with zero attached hydrogens (tertiary/aromatic N) is 5. The van der Waals surface area contributed by atoms with E-state index in [1.165, 1.54) is 5.56 Å². The van der Waals surface area contributed by atoms with E-state index in [4.69, 9.17) is 0 Å². The first kappa shape index (κ1) is 18.5. The number of aromatic amines is 1. The molecule has 3 aromatic heterocycles. The number of aromatic nitrogens is 5. The first-order chi connectivity index (χ1) is 14.8. The van der Waals surface area contributed by atoms with Crippen LogP contribution in [0.5, 0.6) is 0 Å². The number of fused-ring (bicyclic) bond motifs is 1. The highest BCUT2D eigenvalue weighted by Crippen LogP contribution is 2.26. The van der Waals surface area contributed by atoms with Gasteiger partial charge < -0.3 is 14.5 Å². The Hall–Kier alpha value is -3.48. The molecule has 30 heavy (non-hydrogen) atoms. The average Bonchev–Trinajstić information content (AvgIpc) is 3.48. The number of carbonyl (C=O) groups excluding carboxylic acids is 1. The smallest absolute Gasteiger partial charge is 0.255 e. The summed E-state index contributed by atoms with van der Waals surface area (Å²) < 4.78 is 2.05. The number of rotatable bonds is 5. The third kappa shape index (κ3) is 3.70. The fourth-order valence-corrected chi connectivity index (χ4v) is 4.16. The van der Waals surface area contributed by atoms with Gasteiger partial charge in [0.1, 0.15) is 11.3 Å². The second-order valence-electron chi connectivity index (χ2n) is 7.78. The average molecular weight is 400 g/mol. The molecule has 0 unspecified atom stereocenters. The number of benzene rings is 1. The molecule has 4 heterocycles. The van der Waals surface area contributed by atoms with Gasteiger partial charge >= 0.3 is 0 Å². The van der Waals surface area contributed by atoms with Crippen LogP contribution >= 0.6 is 0 Å². The molecule has 0 saturated carbocycles. The van der Waals surface area contributed by atoms with Crippen LogP contribution in [-0.2, 0) is 13.0 Å². The van der Waals surface area contributed by atoms with Gasteiger partial charge in [-0.3, -0.25) is 4.79 Å². The van der Waals surface area contributed by atoms with Crippen LogP contribution < -0.4 is 0 Å². The molecule has 5 rings (SSSR count). The molecule has 7 heteroatoms. The van der Waals surface area contributed by atoms with Crippen molar-refractivity contribution in [3.63, 3.8) is 0 Å². The highest BCUT2D eigenvalue weighted by Gasteiger charge is 2.26. The van der Waals surface area contributed by atoms with Gasteiger partial charge in [-0.2, -0.15) is 0 Å². The van der Waals surface area contributed by atoms with E-state index < -0.39 is 0 Å². The van der Waals surface area contributed by atoms with Gasteiger partial charge in [-0.25, -0.2) is 15.0 Å². The van der Waals surface area contributed by atoms with Crippen LogP contribution in [0.4, 0.5) is 0 Å². The first-order valence-corrected chi connectivity index (χ1v) is 10.4. The minimum atomic E-state index is 0.0288. The maximum Gasteiger partial charge on any atom is 0.255 e. The predicted octanol–water partition coefficient (Wildman–Crippen LogP) is 3.42. The van der Waals surface area contributed by atoms with Crippen molar-refractivity contribution in [2.24, 2.45) is 0 Å². The normalized spacial score (nSPS) is 15.0. The SMILES string of the molecule is O=C(c1cnc2c(c1)ncn2CCc1ccccc1)N1CCC(c2ncc[nH]2)CC1. The Morgan fingerprint density at radius 1 is 1.10 bits per heavy atom. The minimum absolute atomic E-state index is 0.0288. The topological polar surface area (TPSA) is 79.7 Å². The third-order valence-corrected chi connectivity index (χ3v) is 5.87. The van der Waals surface area contributed by atoms with Crippen LogP contribution in [0.15, 0.2) is 61.3 Å². The molecule has 1 N–H and O–H groups in total. The van der Waals surface area contributed by atoms with Gasteiger partial charge in [0.2, 0.25) is 0 Å². The highest BCUT2D eigenvalue weighted by atomic mass is 16.2. The molecule has 1 aliphatic rings. The fourth-order valence-electron chi connectivity index (χ4n) is 4.16. The molecule has 152 valence electrons. The van der Waals surface area contributed by atoms with Crippen molar-refractivity contribution in [3.05, 3.63) is 78.3 Å². The van der Waals surface area contributed by atoms with Crippen molar-refractivity contribution in [2.75, 3.05) is 13.1 Å². The Morgan fingerprint density at radius 3 is 2.70 bits per heavy atom. The van der Waals surface area contributed by atoms with Gasteiger partial charge in [-0.1, -0.05) is 30.3 Å². The summed E-state index contributed by atoms with van der Waals surface area (Å²) in [6, 6.07) is 12.2. The molecule has 0 bridgehead atoms. The quantitative estimate of drug-likeness (QED) is 0.557. The van der Waals surface area contributed by atoms with Crippen LogP contribution in [0, 0.1) is 0 Å². The number of piperidine rings is 1. The standard InChI is InChI=1S/C23H24N6O/c30-23(28-12-7-18(8-13-28)21-24-9-10-25-21)19-14-20-22(26-15-19)29(16-27-20)11-6-17-4-2-1-3-5-17/h1-5,9-10,14-16,18H,6-8,11-13H2,(H,24,25). The lowest BCUT2D eigenvalue weighted by Gasteiger charge is -2.31. The van der Waals surface area contributed by atoms with Crippen LogP contribution in [0.3, 0.4) is 0 Å². The van der Waals surface area contributed by atoms with Gasteiger partial charge in [0.25, 0.3) is 5.91 Å². The minimum Gasteiger partial charge on any atom is -0.348 e. The van der Waals surface area contributed by atoms with Crippen LogP contribution in [-0.4, -0.2) is 48.4 Å². The Balaban J connectivity index is 1.25. The van der Waals surface area contributed by atoms with Gasteiger partial charge in [0.05, 0.1) is 11.9 Å². The van der Waals surface area contributed by atoms with Gasteiger partial charge in [-0.05, 0) is 30.9 Å². The zero-order chi connectivity index (χ0) is 20.3. The summed E-state index contributed by atoms with van der Waals surface area (Å²) in [5, 5.41) is 0. The van der Waals surface area contributed by atoms with E-state index in [1.54, 1.807) is 12.4 Å². The summed E-state index contributed by atoms with van der Waals surface area (Å²) in [4.78, 5) is 31.5. The van der Waals surface area contributed by atoms with E-state index >= 15 is 0 Å². The summed E-state index contributed by atoms with van der Waals surface area (Å²) in [5.41, 5.74) is 3.47. The third-order valence-electron chi connectivity index (χ3n) is 5.87. The number of pyridine rings is 1. The predicted molar refractivity (Wildman–Crippen MR) is 114 cm³/mol. The summed E-state index contributed by atoms with van der Waals surface area (Å²) in [5.74, 6) is 1.44. The maximum atomic E-state index is 13.0.